The van der Waals surface area contributed by atoms with E-state index in [1.165, 1.54) is 10.8 Å². The Balaban J connectivity index is 1.29. The fourth-order valence-corrected chi connectivity index (χ4v) is 3.93. The van der Waals surface area contributed by atoms with Crippen LogP contribution >= 0.6 is 0 Å². The lowest BCUT2D eigenvalue weighted by Crippen LogP contribution is -2.29. The Labute approximate surface area is 197 Å². The second-order valence-electron chi connectivity index (χ2n) is 8.03. The van der Waals surface area contributed by atoms with Crippen LogP contribution in [0.3, 0.4) is 0 Å². The summed E-state index contributed by atoms with van der Waals surface area (Å²) >= 11 is 0. The van der Waals surface area contributed by atoms with E-state index >= 15 is 0 Å². The van der Waals surface area contributed by atoms with Crippen molar-refractivity contribution < 1.29 is 14.3 Å². The Hall–Kier alpha value is -4.51. The number of ether oxygens (including phenoxy) is 1. The third kappa shape index (κ3) is 4.24. The molecule has 0 fully saturated rings. The molecular weight excluding hydrogens is 424 g/mol. The van der Waals surface area contributed by atoms with Gasteiger partial charge in [0, 0.05) is 5.56 Å². The molecule has 0 atom stereocenters. The van der Waals surface area contributed by atoms with Gasteiger partial charge in [0.1, 0.15) is 12.4 Å². The largest absolute Gasteiger partial charge is 0.489 e. The van der Waals surface area contributed by atoms with Crippen molar-refractivity contribution in [3.63, 3.8) is 0 Å². The number of carbonyl (C=O) groups excluding carboxylic acids is 2. The van der Waals surface area contributed by atoms with E-state index in [4.69, 9.17) is 4.74 Å². The van der Waals surface area contributed by atoms with E-state index < -0.39 is 11.8 Å². The van der Waals surface area contributed by atoms with E-state index in [1.807, 2.05) is 48.5 Å². The van der Waals surface area contributed by atoms with E-state index in [9.17, 15) is 9.59 Å². The normalized spacial score (nSPS) is 14.5. The van der Waals surface area contributed by atoms with Gasteiger partial charge < -0.3 is 4.74 Å². The van der Waals surface area contributed by atoms with Crippen LogP contribution in [0.15, 0.2) is 108 Å². The smallest absolute Gasteiger partial charge is 0.283 e. The maximum Gasteiger partial charge on any atom is 0.283 e. The molecule has 5 heteroatoms. The van der Waals surface area contributed by atoms with Gasteiger partial charge in [-0.3, -0.25) is 9.59 Å². The molecular formula is C29H22N2O3. The number of imide groups is 1. The third-order valence-electron chi connectivity index (χ3n) is 5.74. The molecule has 5 nitrogen and oxygen atoms in total. The minimum atomic E-state index is -0.439. The predicted octanol–water partition coefficient (Wildman–Crippen LogP) is 5.86. The van der Waals surface area contributed by atoms with Crippen molar-refractivity contribution in [3.8, 4) is 5.75 Å². The molecule has 0 saturated heterocycles. The van der Waals surface area contributed by atoms with Crippen molar-refractivity contribution in [2.75, 3.05) is 0 Å². The number of benzene rings is 4. The van der Waals surface area contributed by atoms with E-state index in [1.54, 1.807) is 37.3 Å². The van der Waals surface area contributed by atoms with E-state index in [-0.39, 0.29) is 0 Å². The van der Waals surface area contributed by atoms with Crippen LogP contribution in [0.2, 0.25) is 0 Å². The molecule has 0 spiro atoms. The summed E-state index contributed by atoms with van der Waals surface area (Å²) < 4.78 is 6.00. The van der Waals surface area contributed by atoms with Gasteiger partial charge in [0.15, 0.2) is 0 Å². The quantitative estimate of drug-likeness (QED) is 0.285. The molecule has 34 heavy (non-hydrogen) atoms. The molecule has 0 bridgehead atoms. The van der Waals surface area contributed by atoms with Gasteiger partial charge in [0.25, 0.3) is 11.8 Å². The van der Waals surface area contributed by atoms with Crippen molar-refractivity contribution in [1.29, 1.82) is 0 Å². The van der Waals surface area contributed by atoms with Crippen LogP contribution in [0.1, 0.15) is 28.4 Å². The SMILES string of the molecule is CC1=NN(C(=O)c2ccccc2)C(=O)/C1=C/c1ccc(OCc2cccc3ccccc23)cc1. The van der Waals surface area contributed by atoms with Crippen molar-refractivity contribution in [2.45, 2.75) is 13.5 Å². The molecule has 0 saturated carbocycles. The molecule has 1 heterocycles. The molecule has 0 aromatic heterocycles. The molecule has 1 aliphatic heterocycles. The number of nitrogens with zero attached hydrogens (tertiary/aromatic N) is 2. The Morgan fingerprint density at radius 3 is 2.38 bits per heavy atom. The van der Waals surface area contributed by atoms with Crippen molar-refractivity contribution >= 4 is 34.4 Å². The zero-order valence-corrected chi connectivity index (χ0v) is 18.6. The molecule has 4 aromatic rings. The summed E-state index contributed by atoms with van der Waals surface area (Å²) in [6.07, 6.45) is 1.74. The summed E-state index contributed by atoms with van der Waals surface area (Å²) in [6.45, 7) is 2.19. The molecule has 2 amide bonds. The van der Waals surface area contributed by atoms with Crippen LogP contribution in [0.5, 0.6) is 5.75 Å². The Kier molecular flexibility index (Phi) is 5.75. The summed E-state index contributed by atoms with van der Waals surface area (Å²) in [4.78, 5) is 25.5. The second-order valence-corrected chi connectivity index (χ2v) is 8.03. The summed E-state index contributed by atoms with van der Waals surface area (Å²) in [6, 6.07) is 30.6. The van der Waals surface area contributed by atoms with Crippen LogP contribution in [0.25, 0.3) is 16.8 Å². The van der Waals surface area contributed by atoms with Gasteiger partial charge in [0.05, 0.1) is 11.3 Å². The van der Waals surface area contributed by atoms with Crippen LogP contribution in [0, 0.1) is 0 Å². The molecule has 1 aliphatic rings. The minimum absolute atomic E-state index is 0.397. The van der Waals surface area contributed by atoms with Crippen molar-refractivity contribution in [1.82, 2.24) is 5.01 Å². The summed E-state index contributed by atoms with van der Waals surface area (Å²) in [7, 11) is 0. The molecule has 0 radical (unpaired) electrons. The lowest BCUT2D eigenvalue weighted by Gasteiger charge is -2.10. The van der Waals surface area contributed by atoms with Gasteiger partial charge in [-0.25, -0.2) is 0 Å². The van der Waals surface area contributed by atoms with Gasteiger partial charge in [-0.1, -0.05) is 72.8 Å². The van der Waals surface area contributed by atoms with Crippen LogP contribution < -0.4 is 4.74 Å². The standard InChI is InChI=1S/C29H22N2O3/c1-20-27(29(33)31(30-20)28(32)23-9-3-2-4-10-23)18-21-14-16-25(17-15-21)34-19-24-12-7-11-22-8-5-6-13-26(22)24/h2-18H,19H2,1H3/b27-18+. The van der Waals surface area contributed by atoms with Gasteiger partial charge in [-0.2, -0.15) is 10.1 Å². The average molecular weight is 447 g/mol. The number of amides is 2. The zero-order valence-electron chi connectivity index (χ0n) is 18.6. The minimum Gasteiger partial charge on any atom is -0.489 e. The Morgan fingerprint density at radius 1 is 0.882 bits per heavy atom. The number of hydrazone groups is 1. The topological polar surface area (TPSA) is 59.0 Å². The second kappa shape index (κ2) is 9.16. The van der Waals surface area contributed by atoms with Gasteiger partial charge in [-0.15, -0.1) is 0 Å². The number of fused-ring (bicyclic) bond motifs is 1. The first kappa shape index (κ1) is 21.3. The summed E-state index contributed by atoms with van der Waals surface area (Å²) in [5.74, 6) is -0.132. The fraction of sp³-hybridized carbons (Fsp3) is 0.0690. The van der Waals surface area contributed by atoms with E-state index in [2.05, 4.69) is 29.4 Å². The highest BCUT2D eigenvalue weighted by Gasteiger charge is 2.32. The number of carbonyl (C=O) groups is 2. The lowest BCUT2D eigenvalue weighted by atomic mass is 10.1. The maximum atomic E-state index is 12.9. The molecule has 0 unspecified atom stereocenters. The average Bonchev–Trinajstić information content (AvgIpc) is 3.16. The van der Waals surface area contributed by atoms with Crippen molar-refractivity contribution in [3.05, 3.63) is 119 Å². The third-order valence-corrected chi connectivity index (χ3v) is 5.74. The van der Waals surface area contributed by atoms with E-state index in [0.717, 1.165) is 21.9 Å². The van der Waals surface area contributed by atoms with Gasteiger partial charge >= 0.3 is 0 Å². The first-order valence-electron chi connectivity index (χ1n) is 11.0. The summed E-state index contributed by atoms with van der Waals surface area (Å²) in [5.41, 5.74) is 3.26. The number of hydrogen-bond acceptors (Lipinski definition) is 4. The maximum absolute atomic E-state index is 12.9. The number of rotatable bonds is 5. The lowest BCUT2D eigenvalue weighted by molar-refractivity contribution is -0.123. The molecule has 4 aromatic carbocycles. The molecule has 166 valence electrons. The van der Waals surface area contributed by atoms with Crippen molar-refractivity contribution in [2.24, 2.45) is 5.10 Å². The van der Waals surface area contributed by atoms with Crippen LogP contribution in [-0.2, 0) is 11.4 Å². The van der Waals surface area contributed by atoms with E-state index in [0.29, 0.717) is 23.5 Å². The molecule has 0 aliphatic carbocycles. The number of hydrogen-bond donors (Lipinski definition) is 0. The fourth-order valence-electron chi connectivity index (χ4n) is 3.93. The first-order valence-corrected chi connectivity index (χ1v) is 11.0. The predicted molar refractivity (Wildman–Crippen MR) is 133 cm³/mol. The van der Waals surface area contributed by atoms with Gasteiger partial charge in [-0.05, 0) is 59.2 Å². The Bertz CT molecular complexity index is 1430. The van der Waals surface area contributed by atoms with Crippen LogP contribution in [-0.4, -0.2) is 22.5 Å². The Morgan fingerprint density at radius 2 is 1.59 bits per heavy atom. The first-order chi connectivity index (χ1) is 16.6. The highest BCUT2D eigenvalue weighted by molar-refractivity contribution is 6.30. The monoisotopic (exact) mass is 446 g/mol. The van der Waals surface area contributed by atoms with Gasteiger partial charge in [0.2, 0.25) is 0 Å². The zero-order chi connectivity index (χ0) is 23.5. The van der Waals surface area contributed by atoms with Crippen LogP contribution in [0.4, 0.5) is 0 Å². The summed E-state index contributed by atoms with van der Waals surface area (Å²) in [5, 5.41) is 7.48. The molecule has 5 rings (SSSR count). The molecule has 0 N–H and O–H groups in total. The highest BCUT2D eigenvalue weighted by Crippen LogP contribution is 2.23. The highest BCUT2D eigenvalue weighted by atomic mass is 16.5.